The van der Waals surface area contributed by atoms with E-state index in [1.54, 1.807) is 12.0 Å². The molecule has 2 amide bonds. The van der Waals surface area contributed by atoms with E-state index in [0.717, 1.165) is 22.3 Å². The standard InChI is InChI=1S/C32H35N5O5/c1-20-10-11-37-29(12-20)33-21(2)31(37)32(39)36-16-25-28(17-36)41-19-23-6-5-7-24(13-23)42-27-14-22(8-9-26(27)40-4)15-35(3)18-30(38)34-25/h5-14,25,28H,15-19H2,1-4H3,(H,34,38)/t25-,28-/m0/s1. The molecular formula is C32H35N5O5. The fourth-order valence-corrected chi connectivity index (χ4v) is 5.71. The number of likely N-dealkylation sites (N-methyl/N-ethyl adjacent to an activating group) is 1. The first-order chi connectivity index (χ1) is 20.3. The van der Waals surface area contributed by atoms with Crippen molar-refractivity contribution in [2.24, 2.45) is 0 Å². The molecule has 0 unspecified atom stereocenters. The fourth-order valence-electron chi connectivity index (χ4n) is 5.71. The zero-order valence-corrected chi connectivity index (χ0v) is 24.3. The fraction of sp³-hybridized carbons (Fsp3) is 0.344. The van der Waals surface area contributed by atoms with Crippen molar-refractivity contribution in [2.75, 3.05) is 33.8 Å². The number of benzene rings is 2. The van der Waals surface area contributed by atoms with Gasteiger partial charge in [-0.05, 0) is 74.0 Å². The summed E-state index contributed by atoms with van der Waals surface area (Å²) in [6.07, 6.45) is 1.49. The van der Waals surface area contributed by atoms with E-state index in [-0.39, 0.29) is 24.4 Å². The third-order valence-corrected chi connectivity index (χ3v) is 7.74. The van der Waals surface area contributed by atoms with E-state index in [4.69, 9.17) is 14.2 Å². The normalized spacial score (nSPS) is 19.7. The molecule has 4 bridgehead atoms. The van der Waals surface area contributed by atoms with Gasteiger partial charge in [0.2, 0.25) is 5.91 Å². The predicted octanol–water partition coefficient (Wildman–Crippen LogP) is 3.72. The minimum atomic E-state index is -0.393. The number of likely N-dealkylation sites (tertiary alicyclic amines) is 1. The van der Waals surface area contributed by atoms with Crippen LogP contribution in [-0.2, 0) is 22.7 Å². The summed E-state index contributed by atoms with van der Waals surface area (Å²) in [7, 11) is 3.50. The van der Waals surface area contributed by atoms with Crippen molar-refractivity contribution in [3.63, 3.8) is 0 Å². The molecule has 2 aromatic carbocycles. The molecule has 0 radical (unpaired) electrons. The van der Waals surface area contributed by atoms with Gasteiger partial charge in [0, 0.05) is 25.8 Å². The summed E-state index contributed by atoms with van der Waals surface area (Å²) < 4.78 is 20.0. The van der Waals surface area contributed by atoms with Gasteiger partial charge in [0.1, 0.15) is 17.1 Å². The quantitative estimate of drug-likeness (QED) is 0.393. The zero-order chi connectivity index (χ0) is 29.4. The molecule has 6 rings (SSSR count). The topological polar surface area (TPSA) is 97.6 Å². The lowest BCUT2D eigenvalue weighted by Crippen LogP contribution is -2.47. The second-order valence-corrected chi connectivity index (χ2v) is 11.1. The van der Waals surface area contributed by atoms with Gasteiger partial charge in [-0.2, -0.15) is 0 Å². The Balaban J connectivity index is 1.28. The Morgan fingerprint density at radius 1 is 1.05 bits per heavy atom. The number of pyridine rings is 1. The van der Waals surface area contributed by atoms with E-state index in [1.165, 1.54) is 0 Å². The summed E-state index contributed by atoms with van der Waals surface area (Å²) in [5, 5.41) is 3.15. The molecule has 1 fully saturated rings. The van der Waals surface area contributed by atoms with Crippen LogP contribution in [0.4, 0.5) is 0 Å². The molecule has 2 aliphatic rings. The number of methoxy groups -OCH3 is 1. The van der Waals surface area contributed by atoms with Crippen LogP contribution in [0.1, 0.15) is 32.9 Å². The highest BCUT2D eigenvalue weighted by molar-refractivity contribution is 5.95. The smallest absolute Gasteiger partial charge is 0.272 e. The van der Waals surface area contributed by atoms with E-state index in [0.29, 0.717) is 54.9 Å². The molecular weight excluding hydrogens is 534 g/mol. The first-order valence-electron chi connectivity index (χ1n) is 14.0. The highest BCUT2D eigenvalue weighted by Gasteiger charge is 2.38. The second-order valence-electron chi connectivity index (χ2n) is 11.1. The van der Waals surface area contributed by atoms with Gasteiger partial charge in [-0.25, -0.2) is 4.98 Å². The molecule has 0 saturated carbocycles. The number of nitrogens with zero attached hydrogens (tertiary/aromatic N) is 4. The van der Waals surface area contributed by atoms with Crippen LogP contribution in [-0.4, -0.2) is 76.9 Å². The summed E-state index contributed by atoms with van der Waals surface area (Å²) in [6, 6.07) is 17.0. The number of hydrogen-bond donors (Lipinski definition) is 1. The molecule has 2 atom stereocenters. The maximum atomic E-state index is 13.8. The third-order valence-electron chi connectivity index (χ3n) is 7.74. The van der Waals surface area contributed by atoms with Gasteiger partial charge in [-0.1, -0.05) is 18.2 Å². The number of carbonyl (C=O) groups is 2. The van der Waals surface area contributed by atoms with Gasteiger partial charge in [0.15, 0.2) is 11.5 Å². The predicted molar refractivity (Wildman–Crippen MR) is 157 cm³/mol. The lowest BCUT2D eigenvalue weighted by molar-refractivity contribution is -0.123. The first kappa shape index (κ1) is 27.7. The Labute approximate surface area is 244 Å². The van der Waals surface area contributed by atoms with E-state index >= 15 is 0 Å². The SMILES string of the molecule is COc1ccc2cc1Oc1cccc(c1)CO[C@H]1CN(C(=O)c3c(C)nc4cc(C)ccn34)C[C@@H]1NC(=O)CN(C)C2. The molecule has 10 nitrogen and oxygen atoms in total. The second kappa shape index (κ2) is 11.5. The van der Waals surface area contributed by atoms with Crippen LogP contribution in [0.5, 0.6) is 17.2 Å². The average Bonchev–Trinajstić information content (AvgIpc) is 3.50. The van der Waals surface area contributed by atoms with Gasteiger partial charge in [0.25, 0.3) is 5.91 Å². The highest BCUT2D eigenvalue weighted by Crippen LogP contribution is 2.33. The Hall–Kier alpha value is -4.41. The van der Waals surface area contributed by atoms with Gasteiger partial charge < -0.3 is 24.4 Å². The third kappa shape index (κ3) is 5.68. The van der Waals surface area contributed by atoms with Crippen LogP contribution >= 0.6 is 0 Å². The Kier molecular flexibility index (Phi) is 7.57. The monoisotopic (exact) mass is 569 g/mol. The minimum Gasteiger partial charge on any atom is -0.493 e. The number of hydrogen-bond acceptors (Lipinski definition) is 7. The van der Waals surface area contributed by atoms with Crippen molar-refractivity contribution in [1.82, 2.24) is 24.5 Å². The number of imidazole rings is 1. The van der Waals surface area contributed by atoms with Crippen LogP contribution in [0.25, 0.3) is 5.65 Å². The average molecular weight is 570 g/mol. The summed E-state index contributed by atoms with van der Waals surface area (Å²) >= 11 is 0. The van der Waals surface area contributed by atoms with Gasteiger partial charge >= 0.3 is 0 Å². The van der Waals surface area contributed by atoms with E-state index < -0.39 is 6.10 Å². The Morgan fingerprint density at radius 3 is 2.74 bits per heavy atom. The molecule has 1 saturated heterocycles. The molecule has 2 aliphatic heterocycles. The van der Waals surface area contributed by atoms with E-state index in [2.05, 4.69) is 10.3 Å². The van der Waals surface area contributed by atoms with Crippen LogP contribution in [0.15, 0.2) is 60.8 Å². The van der Waals surface area contributed by atoms with Gasteiger partial charge in [-0.15, -0.1) is 0 Å². The molecule has 0 aliphatic carbocycles. The molecule has 218 valence electrons. The number of nitrogens with one attached hydrogen (secondary N) is 1. The molecule has 42 heavy (non-hydrogen) atoms. The van der Waals surface area contributed by atoms with Gasteiger partial charge in [0.05, 0.1) is 38.1 Å². The maximum Gasteiger partial charge on any atom is 0.272 e. The van der Waals surface area contributed by atoms with Crippen LogP contribution in [0.2, 0.25) is 0 Å². The van der Waals surface area contributed by atoms with Crippen molar-refractivity contribution in [3.8, 4) is 17.2 Å². The number of fused-ring (bicyclic) bond motifs is 6. The van der Waals surface area contributed by atoms with Crippen molar-refractivity contribution < 1.29 is 23.8 Å². The molecule has 10 heteroatoms. The van der Waals surface area contributed by atoms with Crippen molar-refractivity contribution in [1.29, 1.82) is 0 Å². The number of ether oxygens (including phenoxy) is 3. The minimum absolute atomic E-state index is 0.133. The summed E-state index contributed by atoms with van der Waals surface area (Å²) in [5.41, 5.74) is 4.90. The highest BCUT2D eigenvalue weighted by atomic mass is 16.5. The summed E-state index contributed by atoms with van der Waals surface area (Å²) in [6.45, 7) is 5.54. The van der Waals surface area contributed by atoms with E-state index in [9.17, 15) is 9.59 Å². The van der Waals surface area contributed by atoms with Gasteiger partial charge in [-0.3, -0.25) is 18.9 Å². The van der Waals surface area contributed by atoms with Crippen LogP contribution < -0.4 is 14.8 Å². The molecule has 4 heterocycles. The lowest BCUT2D eigenvalue weighted by Gasteiger charge is -2.23. The number of carbonyl (C=O) groups excluding carboxylic acids is 2. The zero-order valence-electron chi connectivity index (χ0n) is 24.3. The Morgan fingerprint density at radius 2 is 1.90 bits per heavy atom. The van der Waals surface area contributed by atoms with Crippen LogP contribution in [0, 0.1) is 13.8 Å². The first-order valence-corrected chi connectivity index (χ1v) is 14.0. The van der Waals surface area contributed by atoms with Crippen molar-refractivity contribution >= 4 is 17.5 Å². The number of aromatic nitrogens is 2. The molecule has 0 spiro atoms. The lowest BCUT2D eigenvalue weighted by atomic mass is 10.1. The summed E-state index contributed by atoms with van der Waals surface area (Å²) in [4.78, 5) is 35.3. The summed E-state index contributed by atoms with van der Waals surface area (Å²) in [5.74, 6) is 1.61. The molecule has 1 N–H and O–H groups in total. The maximum absolute atomic E-state index is 13.8. The number of rotatable bonds is 2. The van der Waals surface area contributed by atoms with E-state index in [1.807, 2.05) is 91.0 Å². The Bertz CT molecular complexity index is 1650. The number of amides is 2. The largest absolute Gasteiger partial charge is 0.493 e. The van der Waals surface area contributed by atoms with Crippen LogP contribution in [0.3, 0.4) is 0 Å². The number of aryl methyl sites for hydroxylation is 2. The molecule has 2 aromatic heterocycles. The van der Waals surface area contributed by atoms with Crippen molar-refractivity contribution in [2.45, 2.75) is 39.1 Å². The molecule has 4 aromatic rings. The van der Waals surface area contributed by atoms with Crippen molar-refractivity contribution in [3.05, 3.63) is 88.9 Å².